The molecule has 2 nitrogen and oxygen atoms in total. The van der Waals surface area contributed by atoms with Crippen LogP contribution < -0.4 is 5.01 Å². The maximum atomic E-state index is 5.01. The van der Waals surface area contributed by atoms with Gasteiger partial charge in [-0.25, -0.2) is 0 Å². The van der Waals surface area contributed by atoms with Gasteiger partial charge in [-0.15, -0.1) is 0 Å². The van der Waals surface area contributed by atoms with Gasteiger partial charge in [-0.2, -0.15) is 5.10 Å². The third-order valence-electron chi connectivity index (χ3n) is 6.99. The molecule has 1 unspecified atom stereocenters. The minimum Gasteiger partial charge on any atom is -0.258 e. The molecule has 0 aromatic heterocycles. The Hall–Kier alpha value is -5.83. The lowest BCUT2D eigenvalue weighted by Crippen LogP contribution is -2.23. The third kappa shape index (κ3) is 7.68. The van der Waals surface area contributed by atoms with E-state index in [4.69, 9.17) is 5.10 Å². The topological polar surface area (TPSA) is 15.6 Å². The number of rotatable bonds is 5. The highest BCUT2D eigenvalue weighted by Gasteiger charge is 2.24. The average molecular weight is 551 g/mol. The van der Waals surface area contributed by atoms with E-state index in [0.29, 0.717) is 0 Å². The summed E-state index contributed by atoms with van der Waals surface area (Å²) in [6.07, 6.45) is 9.46. The number of hydrazone groups is 1. The van der Waals surface area contributed by atoms with Gasteiger partial charge in [0.2, 0.25) is 0 Å². The first-order chi connectivity index (χ1) is 21.3. The summed E-state index contributed by atoms with van der Waals surface area (Å²) in [7, 11) is 0. The molecule has 0 spiro atoms. The molecule has 1 aliphatic heterocycles. The highest BCUT2D eigenvalue weighted by Crippen LogP contribution is 2.26. The largest absolute Gasteiger partial charge is 0.258 e. The maximum absolute atomic E-state index is 5.01. The zero-order valence-electron chi connectivity index (χ0n) is 23.8. The Kier molecular flexibility index (Phi) is 8.71. The lowest BCUT2D eigenvalue weighted by Gasteiger charge is -2.20. The molecule has 1 heterocycles. The van der Waals surface area contributed by atoms with E-state index in [2.05, 4.69) is 108 Å². The summed E-state index contributed by atoms with van der Waals surface area (Å²) < 4.78 is 0. The molecule has 0 saturated carbocycles. The molecule has 1 aliphatic rings. The monoisotopic (exact) mass is 550 g/mol. The van der Waals surface area contributed by atoms with E-state index >= 15 is 0 Å². The van der Waals surface area contributed by atoms with Crippen LogP contribution in [0.25, 0.3) is 12.2 Å². The number of hydrogen-bond acceptors (Lipinski definition) is 2. The number of nitrogens with zero attached hydrogens (tertiary/aromatic N) is 2. The lowest BCUT2D eigenvalue weighted by molar-refractivity contribution is 0.791. The van der Waals surface area contributed by atoms with Crippen molar-refractivity contribution < 1.29 is 0 Å². The first kappa shape index (κ1) is 27.3. The summed E-state index contributed by atoms with van der Waals surface area (Å²) >= 11 is 0. The van der Waals surface area contributed by atoms with E-state index in [1.54, 1.807) is 0 Å². The molecule has 5 aromatic rings. The van der Waals surface area contributed by atoms with Crippen LogP contribution in [0.15, 0.2) is 157 Å². The lowest BCUT2D eigenvalue weighted by atomic mass is 10.1. The van der Waals surface area contributed by atoms with Gasteiger partial charge in [0.1, 0.15) is 0 Å². The van der Waals surface area contributed by atoms with Crippen molar-refractivity contribution in [1.29, 1.82) is 0 Å². The van der Waals surface area contributed by atoms with Crippen LogP contribution in [0, 0.1) is 23.7 Å². The molecular formula is C41H30N2. The standard InChI is InChI=1S/C41H30N2/c1-4-12-33(13-5-1)22-24-35-16-10-18-37(30-35)26-28-39-32-41(43(42-39)40-20-8-3-9-21-40)29-27-38-19-11-17-36(31-38)25-23-34-14-6-2-7-15-34/h1-21,26-31,41H,32H2. The highest BCUT2D eigenvalue weighted by atomic mass is 15.5. The van der Waals surface area contributed by atoms with E-state index < -0.39 is 0 Å². The molecule has 5 aromatic carbocycles. The minimum atomic E-state index is 0.101. The maximum Gasteiger partial charge on any atom is 0.0765 e. The fraction of sp³-hybridized carbons (Fsp3) is 0.0488. The van der Waals surface area contributed by atoms with Gasteiger partial charge in [-0.05, 0) is 77.9 Å². The van der Waals surface area contributed by atoms with Crippen molar-refractivity contribution in [2.24, 2.45) is 5.10 Å². The molecule has 43 heavy (non-hydrogen) atoms. The number of allylic oxidation sites excluding steroid dienone is 1. The van der Waals surface area contributed by atoms with E-state index in [1.807, 2.05) is 84.9 Å². The van der Waals surface area contributed by atoms with Crippen LogP contribution in [0.5, 0.6) is 0 Å². The molecule has 0 amide bonds. The number of para-hydroxylation sites is 1. The van der Waals surface area contributed by atoms with Gasteiger partial charge in [0, 0.05) is 28.7 Å². The van der Waals surface area contributed by atoms with E-state index in [-0.39, 0.29) is 6.04 Å². The van der Waals surface area contributed by atoms with Gasteiger partial charge in [0.15, 0.2) is 0 Å². The predicted octanol–water partition coefficient (Wildman–Crippen LogP) is 8.85. The summed E-state index contributed by atoms with van der Waals surface area (Å²) in [5.41, 5.74) is 8.32. The SMILES string of the molecule is C(#Cc1cccc(C=CC2=NN(c3ccccc3)C(C=Cc3cccc(C#Cc4ccccc4)c3)C2)c1)c1ccccc1. The van der Waals surface area contributed by atoms with Crippen molar-refractivity contribution in [3.63, 3.8) is 0 Å². The Balaban J connectivity index is 1.19. The van der Waals surface area contributed by atoms with E-state index in [9.17, 15) is 0 Å². The van der Waals surface area contributed by atoms with Gasteiger partial charge in [0.25, 0.3) is 0 Å². The molecule has 0 bridgehead atoms. The van der Waals surface area contributed by atoms with Crippen molar-refractivity contribution in [1.82, 2.24) is 0 Å². The third-order valence-corrected chi connectivity index (χ3v) is 6.99. The Morgan fingerprint density at radius 2 is 1.00 bits per heavy atom. The fourth-order valence-corrected chi connectivity index (χ4v) is 4.82. The Labute approximate surface area is 254 Å². The summed E-state index contributed by atoms with van der Waals surface area (Å²) in [6, 6.07) is 47.2. The molecule has 0 radical (unpaired) electrons. The molecule has 2 heteroatoms. The first-order valence-electron chi connectivity index (χ1n) is 14.4. The van der Waals surface area contributed by atoms with Gasteiger partial charge in [-0.1, -0.05) is 121 Å². The predicted molar refractivity (Wildman–Crippen MR) is 181 cm³/mol. The summed E-state index contributed by atoms with van der Waals surface area (Å²) in [6.45, 7) is 0. The number of hydrogen-bond donors (Lipinski definition) is 0. The molecule has 1 atom stereocenters. The smallest absolute Gasteiger partial charge is 0.0765 e. The van der Waals surface area contributed by atoms with Crippen molar-refractivity contribution >= 4 is 23.6 Å². The second kappa shape index (κ2) is 13.7. The summed E-state index contributed by atoms with van der Waals surface area (Å²) in [4.78, 5) is 0. The molecule has 6 rings (SSSR count). The minimum absolute atomic E-state index is 0.101. The zero-order chi connectivity index (χ0) is 29.1. The summed E-state index contributed by atoms with van der Waals surface area (Å²) in [5.74, 6) is 13.1. The molecular weight excluding hydrogens is 520 g/mol. The summed E-state index contributed by atoms with van der Waals surface area (Å²) in [5, 5.41) is 7.12. The normalized spacial score (nSPS) is 14.2. The average Bonchev–Trinajstić information content (AvgIpc) is 3.49. The Morgan fingerprint density at radius 1 is 0.512 bits per heavy atom. The molecule has 0 aliphatic carbocycles. The fourth-order valence-electron chi connectivity index (χ4n) is 4.82. The molecule has 0 N–H and O–H groups in total. The van der Waals surface area contributed by atoms with Crippen LogP contribution in [0.3, 0.4) is 0 Å². The van der Waals surface area contributed by atoms with Crippen LogP contribution >= 0.6 is 0 Å². The van der Waals surface area contributed by atoms with Crippen LogP contribution in [0.4, 0.5) is 5.69 Å². The van der Waals surface area contributed by atoms with Crippen molar-refractivity contribution in [2.75, 3.05) is 5.01 Å². The van der Waals surface area contributed by atoms with Crippen molar-refractivity contribution in [3.8, 4) is 23.7 Å². The van der Waals surface area contributed by atoms with Gasteiger partial charge < -0.3 is 0 Å². The Morgan fingerprint density at radius 3 is 1.58 bits per heavy atom. The van der Waals surface area contributed by atoms with Crippen molar-refractivity contribution in [3.05, 3.63) is 185 Å². The van der Waals surface area contributed by atoms with Gasteiger partial charge in [0.05, 0.1) is 17.4 Å². The molecule has 0 fully saturated rings. The number of anilines is 1. The second-order valence-electron chi connectivity index (χ2n) is 10.2. The first-order valence-corrected chi connectivity index (χ1v) is 14.4. The van der Waals surface area contributed by atoms with Crippen molar-refractivity contribution in [2.45, 2.75) is 12.5 Å². The van der Waals surface area contributed by atoms with E-state index in [1.165, 1.54) is 0 Å². The Bertz CT molecular complexity index is 1890. The van der Waals surface area contributed by atoms with Crippen LogP contribution in [0.2, 0.25) is 0 Å². The number of benzene rings is 5. The quantitative estimate of drug-likeness (QED) is 0.200. The molecule has 204 valence electrons. The van der Waals surface area contributed by atoms with E-state index in [0.717, 1.165) is 51.2 Å². The van der Waals surface area contributed by atoms with Gasteiger partial charge in [-0.3, -0.25) is 5.01 Å². The van der Waals surface area contributed by atoms with Crippen LogP contribution in [0.1, 0.15) is 39.8 Å². The highest BCUT2D eigenvalue weighted by molar-refractivity contribution is 6.01. The van der Waals surface area contributed by atoms with Gasteiger partial charge >= 0.3 is 0 Å². The van der Waals surface area contributed by atoms with Crippen LogP contribution in [-0.2, 0) is 0 Å². The second-order valence-corrected chi connectivity index (χ2v) is 10.2. The zero-order valence-corrected chi connectivity index (χ0v) is 23.8. The molecule has 0 saturated heterocycles. The van der Waals surface area contributed by atoms with Crippen LogP contribution in [-0.4, -0.2) is 11.8 Å².